The summed E-state index contributed by atoms with van der Waals surface area (Å²) in [6.07, 6.45) is 2.18. The van der Waals surface area contributed by atoms with Crippen LogP contribution in [0.2, 0.25) is 0 Å². The summed E-state index contributed by atoms with van der Waals surface area (Å²) in [5.74, 6) is 6.18. The molecular weight excluding hydrogens is 283 g/mol. The van der Waals surface area contributed by atoms with Gasteiger partial charge in [0.2, 0.25) is 0 Å². The molecule has 4 heteroatoms. The summed E-state index contributed by atoms with van der Waals surface area (Å²) in [4.78, 5) is 0.655. The fraction of sp³-hybridized carbons (Fsp3) is 0.294. The highest BCUT2D eigenvalue weighted by Crippen LogP contribution is 2.26. The van der Waals surface area contributed by atoms with Crippen molar-refractivity contribution in [3.05, 3.63) is 65.5 Å². The van der Waals surface area contributed by atoms with Crippen molar-refractivity contribution >= 4 is 11.8 Å². The molecule has 0 aliphatic heterocycles. The van der Waals surface area contributed by atoms with Gasteiger partial charge in [0.1, 0.15) is 5.82 Å². The lowest BCUT2D eigenvalue weighted by Gasteiger charge is -2.17. The maximum atomic E-state index is 13.6. The molecule has 0 spiro atoms. The Hall–Kier alpha value is -1.36. The highest BCUT2D eigenvalue weighted by Gasteiger charge is 2.12. The van der Waals surface area contributed by atoms with Gasteiger partial charge in [-0.2, -0.15) is 0 Å². The Morgan fingerprint density at radius 1 is 1.19 bits per heavy atom. The predicted octanol–water partition coefficient (Wildman–Crippen LogP) is 4.07. The molecule has 0 aliphatic rings. The number of nitrogens with two attached hydrogens (primary N) is 1. The van der Waals surface area contributed by atoms with Gasteiger partial charge in [-0.1, -0.05) is 49.7 Å². The minimum absolute atomic E-state index is 0.00594. The van der Waals surface area contributed by atoms with Gasteiger partial charge < -0.3 is 0 Å². The number of nitrogens with one attached hydrogen (secondary N) is 1. The van der Waals surface area contributed by atoms with Gasteiger partial charge in [-0.15, -0.1) is 11.8 Å². The molecule has 2 nitrogen and oxygen atoms in total. The molecule has 0 amide bonds. The summed E-state index contributed by atoms with van der Waals surface area (Å²) < 4.78 is 13.6. The van der Waals surface area contributed by atoms with Gasteiger partial charge in [-0.3, -0.25) is 11.3 Å². The van der Waals surface area contributed by atoms with Crippen LogP contribution in [0.25, 0.3) is 0 Å². The fourth-order valence-corrected chi connectivity index (χ4v) is 3.25. The zero-order valence-corrected chi connectivity index (χ0v) is 13.0. The van der Waals surface area contributed by atoms with Crippen LogP contribution in [0.1, 0.15) is 30.5 Å². The minimum Gasteiger partial charge on any atom is -0.271 e. The highest BCUT2D eigenvalue weighted by molar-refractivity contribution is 7.99. The largest absolute Gasteiger partial charge is 0.271 e. The normalized spacial score (nSPS) is 12.3. The van der Waals surface area contributed by atoms with Crippen molar-refractivity contribution in [2.24, 2.45) is 5.84 Å². The number of benzene rings is 2. The molecule has 2 rings (SSSR count). The molecule has 21 heavy (non-hydrogen) atoms. The second-order valence-corrected chi connectivity index (χ2v) is 6.02. The zero-order valence-electron chi connectivity index (χ0n) is 12.2. The lowest BCUT2D eigenvalue weighted by Crippen LogP contribution is -2.29. The van der Waals surface area contributed by atoms with E-state index in [0.717, 1.165) is 18.4 Å². The molecule has 1 unspecified atom stereocenters. The summed E-state index contributed by atoms with van der Waals surface area (Å²) >= 11 is 1.48. The van der Waals surface area contributed by atoms with Gasteiger partial charge in [-0.05, 0) is 29.7 Å². The van der Waals surface area contributed by atoms with Crippen molar-refractivity contribution in [1.29, 1.82) is 0 Å². The average molecular weight is 304 g/mol. The Balaban J connectivity index is 2.06. The monoisotopic (exact) mass is 304 g/mol. The maximum Gasteiger partial charge on any atom is 0.136 e. The molecule has 0 fully saturated rings. The van der Waals surface area contributed by atoms with Crippen molar-refractivity contribution in [3.8, 4) is 0 Å². The first-order valence-corrected chi connectivity index (χ1v) is 8.15. The molecule has 0 heterocycles. The summed E-state index contributed by atoms with van der Waals surface area (Å²) in [7, 11) is 0. The van der Waals surface area contributed by atoms with Gasteiger partial charge in [-0.25, -0.2) is 4.39 Å². The molecule has 0 saturated carbocycles. The van der Waals surface area contributed by atoms with Crippen LogP contribution in [0, 0.1) is 5.82 Å². The Bertz CT molecular complexity index is 574. The Morgan fingerprint density at radius 3 is 2.71 bits per heavy atom. The van der Waals surface area contributed by atoms with Crippen molar-refractivity contribution in [2.45, 2.75) is 30.7 Å². The summed E-state index contributed by atoms with van der Waals surface area (Å²) in [6.45, 7) is 2.17. The Kier molecular flexibility index (Phi) is 6.23. The van der Waals surface area contributed by atoms with Crippen molar-refractivity contribution in [1.82, 2.24) is 5.43 Å². The molecule has 0 bridgehead atoms. The SMILES string of the molecule is CCCc1cccc(C(CSc2ccccc2F)NN)c1. The number of hydrogen-bond donors (Lipinski definition) is 2. The molecule has 0 saturated heterocycles. The minimum atomic E-state index is -0.182. The van der Waals surface area contributed by atoms with E-state index in [2.05, 4.69) is 36.6 Å². The van der Waals surface area contributed by atoms with E-state index in [0.29, 0.717) is 10.6 Å². The highest BCUT2D eigenvalue weighted by atomic mass is 32.2. The lowest BCUT2D eigenvalue weighted by atomic mass is 10.0. The van der Waals surface area contributed by atoms with Crippen LogP contribution in [-0.2, 0) is 6.42 Å². The van der Waals surface area contributed by atoms with E-state index >= 15 is 0 Å². The van der Waals surface area contributed by atoms with Crippen molar-refractivity contribution in [3.63, 3.8) is 0 Å². The van der Waals surface area contributed by atoms with Crippen LogP contribution >= 0.6 is 11.8 Å². The third kappa shape index (κ3) is 4.56. The van der Waals surface area contributed by atoms with E-state index in [1.165, 1.54) is 23.4 Å². The van der Waals surface area contributed by atoms with E-state index < -0.39 is 0 Å². The molecule has 0 aromatic heterocycles. The van der Waals surface area contributed by atoms with Crippen molar-refractivity contribution < 1.29 is 4.39 Å². The number of rotatable bonds is 7. The predicted molar refractivity (Wildman–Crippen MR) is 87.6 cm³/mol. The number of thioether (sulfide) groups is 1. The van der Waals surface area contributed by atoms with Gasteiger partial charge in [0, 0.05) is 10.6 Å². The molecule has 1 atom stereocenters. The zero-order chi connectivity index (χ0) is 15.1. The molecule has 0 radical (unpaired) electrons. The topological polar surface area (TPSA) is 38.0 Å². The molecule has 2 aromatic rings. The first-order valence-electron chi connectivity index (χ1n) is 7.17. The van der Waals surface area contributed by atoms with E-state index in [9.17, 15) is 4.39 Å². The van der Waals surface area contributed by atoms with Gasteiger partial charge in [0.25, 0.3) is 0 Å². The smallest absolute Gasteiger partial charge is 0.136 e. The number of halogens is 1. The second kappa shape index (κ2) is 8.17. The van der Waals surface area contributed by atoms with E-state index in [-0.39, 0.29) is 11.9 Å². The quantitative estimate of drug-likeness (QED) is 0.460. The molecular formula is C17H21FN2S. The van der Waals surface area contributed by atoms with E-state index in [1.807, 2.05) is 6.07 Å². The van der Waals surface area contributed by atoms with Gasteiger partial charge in [0.05, 0.1) is 6.04 Å². The standard InChI is InChI=1S/C17H21FN2S/c1-2-6-13-7-5-8-14(11-13)16(20-19)12-21-17-10-4-3-9-15(17)18/h3-5,7-11,16,20H,2,6,12,19H2,1H3. The summed E-state index contributed by atoms with van der Waals surface area (Å²) in [5.41, 5.74) is 5.29. The first kappa shape index (κ1) is 16.0. The van der Waals surface area contributed by atoms with Crippen LogP contribution in [0.15, 0.2) is 53.4 Å². The van der Waals surface area contributed by atoms with Gasteiger partial charge >= 0.3 is 0 Å². The van der Waals surface area contributed by atoms with Crippen LogP contribution in [-0.4, -0.2) is 5.75 Å². The van der Waals surface area contributed by atoms with Crippen LogP contribution in [0.4, 0.5) is 4.39 Å². The summed E-state index contributed by atoms with van der Waals surface area (Å²) in [6, 6.07) is 15.2. The van der Waals surface area contributed by atoms with Crippen LogP contribution in [0.3, 0.4) is 0 Å². The second-order valence-electron chi connectivity index (χ2n) is 4.96. The molecule has 2 aromatic carbocycles. The number of hydrogen-bond acceptors (Lipinski definition) is 3. The molecule has 3 N–H and O–H groups in total. The maximum absolute atomic E-state index is 13.6. The summed E-state index contributed by atoms with van der Waals surface area (Å²) in [5, 5.41) is 0. The number of aryl methyl sites for hydroxylation is 1. The molecule has 112 valence electrons. The van der Waals surface area contributed by atoms with Crippen molar-refractivity contribution in [2.75, 3.05) is 5.75 Å². The number of hydrazine groups is 1. The first-order chi connectivity index (χ1) is 10.2. The Morgan fingerprint density at radius 2 is 2.00 bits per heavy atom. The lowest BCUT2D eigenvalue weighted by molar-refractivity contribution is 0.596. The van der Waals surface area contributed by atoms with Crippen LogP contribution < -0.4 is 11.3 Å². The fourth-order valence-electron chi connectivity index (χ4n) is 2.23. The third-order valence-corrected chi connectivity index (χ3v) is 4.48. The van der Waals surface area contributed by atoms with E-state index in [4.69, 9.17) is 5.84 Å². The third-order valence-electron chi connectivity index (χ3n) is 3.34. The van der Waals surface area contributed by atoms with E-state index in [1.54, 1.807) is 12.1 Å². The van der Waals surface area contributed by atoms with Crippen LogP contribution in [0.5, 0.6) is 0 Å². The molecule has 0 aliphatic carbocycles. The average Bonchev–Trinajstić information content (AvgIpc) is 2.50. The van der Waals surface area contributed by atoms with Gasteiger partial charge in [0.15, 0.2) is 0 Å². The Labute approximate surface area is 129 Å².